The summed E-state index contributed by atoms with van der Waals surface area (Å²) in [7, 11) is 0. The maximum atomic E-state index is 12.2. The molecule has 0 heterocycles. The van der Waals surface area contributed by atoms with Crippen LogP contribution in [0.5, 0.6) is 0 Å². The van der Waals surface area contributed by atoms with Gasteiger partial charge in [0.2, 0.25) is 0 Å². The van der Waals surface area contributed by atoms with Crippen LogP contribution < -0.4 is 5.32 Å². The van der Waals surface area contributed by atoms with Crippen molar-refractivity contribution in [2.24, 2.45) is 0 Å². The van der Waals surface area contributed by atoms with Crippen LogP contribution in [0.3, 0.4) is 0 Å². The number of amides is 2. The smallest absolute Gasteiger partial charge is 0.322 e. The highest BCUT2D eigenvalue weighted by molar-refractivity contribution is 5.90. The summed E-state index contributed by atoms with van der Waals surface area (Å²) in [6.45, 7) is 4.21. The monoisotopic (exact) mass is 288 g/mol. The van der Waals surface area contributed by atoms with E-state index < -0.39 is 5.97 Å². The lowest BCUT2D eigenvalue weighted by Gasteiger charge is -2.21. The van der Waals surface area contributed by atoms with Gasteiger partial charge >= 0.3 is 12.0 Å². The number of carboxylic acids is 1. The number of nitrogens with zero attached hydrogens (tertiary/aromatic N) is 1. The van der Waals surface area contributed by atoms with Crippen LogP contribution in [0.1, 0.15) is 24.8 Å². The van der Waals surface area contributed by atoms with Gasteiger partial charge in [-0.2, -0.15) is 0 Å². The molecule has 2 amide bonds. The summed E-state index contributed by atoms with van der Waals surface area (Å²) in [6, 6.07) is 7.50. The molecule has 1 aromatic rings. The van der Waals surface area contributed by atoms with E-state index in [4.69, 9.17) is 5.11 Å². The normalized spacial score (nSPS) is 13.5. The Bertz CT molecular complexity index is 538. The number of aryl methyl sites for hydroxylation is 1. The van der Waals surface area contributed by atoms with Gasteiger partial charge in [-0.15, -0.1) is 6.58 Å². The summed E-state index contributed by atoms with van der Waals surface area (Å²) in [6.07, 6.45) is 4.35. The second-order valence-corrected chi connectivity index (χ2v) is 5.20. The summed E-state index contributed by atoms with van der Waals surface area (Å²) in [5.74, 6) is -0.824. The molecule has 0 atom stereocenters. The third-order valence-corrected chi connectivity index (χ3v) is 3.38. The van der Waals surface area contributed by atoms with Gasteiger partial charge in [-0.3, -0.25) is 4.79 Å². The Labute approximate surface area is 124 Å². The highest BCUT2D eigenvalue weighted by Gasteiger charge is 2.31. The molecule has 1 aliphatic rings. The first-order valence-corrected chi connectivity index (χ1v) is 7.09. The summed E-state index contributed by atoms with van der Waals surface area (Å²) < 4.78 is 0. The van der Waals surface area contributed by atoms with E-state index in [1.54, 1.807) is 17.0 Å². The Morgan fingerprint density at radius 3 is 2.81 bits per heavy atom. The van der Waals surface area contributed by atoms with Gasteiger partial charge in [0, 0.05) is 24.7 Å². The van der Waals surface area contributed by atoms with E-state index in [2.05, 4.69) is 11.9 Å². The van der Waals surface area contributed by atoms with Crippen molar-refractivity contribution in [2.45, 2.75) is 31.7 Å². The SMILES string of the molecule is C=CCN(C(=O)Nc1cccc(CCC(=O)O)c1)C1CC1. The van der Waals surface area contributed by atoms with Crippen molar-refractivity contribution in [1.82, 2.24) is 4.90 Å². The largest absolute Gasteiger partial charge is 0.481 e. The third-order valence-electron chi connectivity index (χ3n) is 3.38. The Morgan fingerprint density at radius 2 is 2.19 bits per heavy atom. The average Bonchev–Trinajstić information content (AvgIpc) is 3.27. The number of anilines is 1. The van der Waals surface area contributed by atoms with E-state index in [1.807, 2.05) is 18.2 Å². The fourth-order valence-electron chi connectivity index (χ4n) is 2.17. The molecule has 1 saturated carbocycles. The van der Waals surface area contributed by atoms with Gasteiger partial charge in [0.25, 0.3) is 0 Å². The molecule has 0 aliphatic heterocycles. The molecule has 0 bridgehead atoms. The minimum atomic E-state index is -0.824. The number of hydrogen-bond acceptors (Lipinski definition) is 2. The molecular weight excluding hydrogens is 268 g/mol. The van der Waals surface area contributed by atoms with Crippen molar-refractivity contribution in [3.63, 3.8) is 0 Å². The molecule has 2 N–H and O–H groups in total. The van der Waals surface area contributed by atoms with Crippen LogP contribution in [0.25, 0.3) is 0 Å². The summed E-state index contributed by atoms with van der Waals surface area (Å²) in [5, 5.41) is 11.6. The fourth-order valence-corrected chi connectivity index (χ4v) is 2.17. The quantitative estimate of drug-likeness (QED) is 0.758. The third kappa shape index (κ3) is 4.63. The fraction of sp³-hybridized carbons (Fsp3) is 0.375. The molecule has 5 heteroatoms. The summed E-state index contributed by atoms with van der Waals surface area (Å²) in [5.41, 5.74) is 1.59. The minimum Gasteiger partial charge on any atom is -0.481 e. The second-order valence-electron chi connectivity index (χ2n) is 5.20. The van der Waals surface area contributed by atoms with Crippen molar-refractivity contribution >= 4 is 17.7 Å². The lowest BCUT2D eigenvalue weighted by molar-refractivity contribution is -0.136. The van der Waals surface area contributed by atoms with Crippen molar-refractivity contribution in [3.05, 3.63) is 42.5 Å². The first kappa shape index (κ1) is 15.1. The van der Waals surface area contributed by atoms with Crippen molar-refractivity contribution in [3.8, 4) is 0 Å². The van der Waals surface area contributed by atoms with E-state index in [-0.39, 0.29) is 12.5 Å². The van der Waals surface area contributed by atoms with Crippen LogP contribution in [0.15, 0.2) is 36.9 Å². The number of hydrogen-bond donors (Lipinski definition) is 2. The molecule has 112 valence electrons. The number of urea groups is 1. The van der Waals surface area contributed by atoms with E-state index >= 15 is 0 Å². The van der Waals surface area contributed by atoms with E-state index in [1.165, 1.54) is 0 Å². The molecule has 1 aliphatic carbocycles. The number of aliphatic carboxylic acids is 1. The lowest BCUT2D eigenvalue weighted by Crippen LogP contribution is -2.36. The number of nitrogens with one attached hydrogen (secondary N) is 1. The number of carboxylic acid groups (broad SMARTS) is 1. The van der Waals surface area contributed by atoms with Crippen molar-refractivity contribution in [1.29, 1.82) is 0 Å². The number of carbonyl (C=O) groups is 2. The first-order valence-electron chi connectivity index (χ1n) is 7.09. The van der Waals surface area contributed by atoms with Gasteiger partial charge in [-0.1, -0.05) is 18.2 Å². The molecule has 0 radical (unpaired) electrons. The van der Waals surface area contributed by atoms with Gasteiger partial charge in [-0.25, -0.2) is 4.79 Å². The van der Waals surface area contributed by atoms with E-state index in [9.17, 15) is 9.59 Å². The molecule has 0 spiro atoms. The Kier molecular flexibility index (Phi) is 4.98. The van der Waals surface area contributed by atoms with Gasteiger partial charge in [-0.05, 0) is 37.0 Å². The maximum Gasteiger partial charge on any atom is 0.322 e. The highest BCUT2D eigenvalue weighted by atomic mass is 16.4. The van der Waals surface area contributed by atoms with Crippen LogP contribution in [-0.4, -0.2) is 34.6 Å². The van der Waals surface area contributed by atoms with Crippen LogP contribution in [-0.2, 0) is 11.2 Å². The predicted molar refractivity (Wildman–Crippen MR) is 81.3 cm³/mol. The topological polar surface area (TPSA) is 69.6 Å². The predicted octanol–water partition coefficient (Wildman–Crippen LogP) is 2.89. The molecular formula is C16H20N2O3. The standard InChI is InChI=1S/C16H20N2O3/c1-2-10-18(14-7-8-14)16(21)17-13-5-3-4-12(11-13)6-9-15(19)20/h2-5,11,14H,1,6-10H2,(H,17,21)(H,19,20). The summed E-state index contributed by atoms with van der Waals surface area (Å²) in [4.78, 5) is 24.6. The van der Waals surface area contributed by atoms with Crippen molar-refractivity contribution in [2.75, 3.05) is 11.9 Å². The summed E-state index contributed by atoms with van der Waals surface area (Å²) >= 11 is 0. The zero-order valence-electron chi connectivity index (χ0n) is 11.9. The number of carbonyl (C=O) groups excluding carboxylic acids is 1. The number of rotatable bonds is 7. The van der Waals surface area contributed by atoms with Gasteiger partial charge < -0.3 is 15.3 Å². The van der Waals surface area contributed by atoms with E-state index in [0.717, 1.165) is 18.4 Å². The van der Waals surface area contributed by atoms with Crippen LogP contribution in [0.2, 0.25) is 0 Å². The van der Waals surface area contributed by atoms with E-state index in [0.29, 0.717) is 24.7 Å². The molecule has 1 aromatic carbocycles. The van der Waals surface area contributed by atoms with Crippen LogP contribution >= 0.6 is 0 Å². The molecule has 0 aromatic heterocycles. The van der Waals surface area contributed by atoms with Crippen LogP contribution in [0.4, 0.5) is 10.5 Å². The molecule has 0 saturated heterocycles. The maximum absolute atomic E-state index is 12.2. The average molecular weight is 288 g/mol. The molecule has 2 rings (SSSR count). The lowest BCUT2D eigenvalue weighted by atomic mass is 10.1. The van der Waals surface area contributed by atoms with Crippen LogP contribution in [0, 0.1) is 0 Å². The minimum absolute atomic E-state index is 0.0854. The molecule has 0 unspecified atom stereocenters. The zero-order valence-corrected chi connectivity index (χ0v) is 11.9. The Balaban J connectivity index is 1.97. The highest BCUT2D eigenvalue weighted by Crippen LogP contribution is 2.27. The van der Waals surface area contributed by atoms with Gasteiger partial charge in [0.15, 0.2) is 0 Å². The van der Waals surface area contributed by atoms with Gasteiger partial charge in [0.05, 0.1) is 0 Å². The first-order chi connectivity index (χ1) is 10.1. The van der Waals surface area contributed by atoms with Crippen molar-refractivity contribution < 1.29 is 14.7 Å². The number of benzene rings is 1. The Hall–Kier alpha value is -2.30. The zero-order chi connectivity index (χ0) is 15.2. The molecule has 1 fully saturated rings. The Morgan fingerprint density at radius 1 is 1.43 bits per heavy atom. The molecule has 21 heavy (non-hydrogen) atoms. The second kappa shape index (κ2) is 6.92. The van der Waals surface area contributed by atoms with Gasteiger partial charge in [0.1, 0.15) is 0 Å². The molecule has 5 nitrogen and oxygen atoms in total.